The van der Waals surface area contributed by atoms with Crippen LogP contribution in [0.25, 0.3) is 5.76 Å². The van der Waals surface area contributed by atoms with E-state index in [-0.39, 0.29) is 16.9 Å². The third-order valence-electron chi connectivity index (χ3n) is 6.26. The maximum Gasteiger partial charge on any atom is 0.300 e. The van der Waals surface area contributed by atoms with E-state index in [0.717, 1.165) is 5.69 Å². The second-order valence-electron chi connectivity index (χ2n) is 8.62. The predicted molar refractivity (Wildman–Crippen MR) is 143 cm³/mol. The summed E-state index contributed by atoms with van der Waals surface area (Å²) in [4.78, 5) is 30.3. The van der Waals surface area contributed by atoms with E-state index >= 15 is 0 Å². The Kier molecular flexibility index (Phi) is 7.38. The van der Waals surface area contributed by atoms with Gasteiger partial charge in [0.1, 0.15) is 28.6 Å². The van der Waals surface area contributed by atoms with Crippen LogP contribution >= 0.6 is 0 Å². The number of nitrogens with zero attached hydrogens (tertiary/aromatic N) is 2. The number of ether oxygens (including phenoxy) is 3. The van der Waals surface area contributed by atoms with Crippen molar-refractivity contribution in [3.63, 3.8) is 0 Å². The minimum absolute atomic E-state index is 0.0562. The average molecular weight is 503 g/mol. The number of amides is 1. The van der Waals surface area contributed by atoms with Gasteiger partial charge >= 0.3 is 0 Å². The Labute approximate surface area is 216 Å². The molecule has 0 bridgehead atoms. The number of benzene rings is 3. The van der Waals surface area contributed by atoms with Gasteiger partial charge < -0.3 is 24.2 Å². The van der Waals surface area contributed by atoms with Crippen molar-refractivity contribution >= 4 is 28.8 Å². The van der Waals surface area contributed by atoms with Crippen LogP contribution in [0.2, 0.25) is 0 Å². The summed E-state index contributed by atoms with van der Waals surface area (Å²) in [5.41, 5.74) is 2.26. The van der Waals surface area contributed by atoms with Gasteiger partial charge in [-0.25, -0.2) is 0 Å². The van der Waals surface area contributed by atoms with Gasteiger partial charge in [-0.05, 0) is 61.0 Å². The zero-order valence-electron chi connectivity index (χ0n) is 21.5. The maximum absolute atomic E-state index is 13.5. The number of aliphatic hydroxyl groups is 1. The molecule has 0 radical (unpaired) electrons. The third kappa shape index (κ3) is 4.70. The second kappa shape index (κ2) is 10.7. The van der Waals surface area contributed by atoms with E-state index in [0.29, 0.717) is 35.1 Å². The summed E-state index contributed by atoms with van der Waals surface area (Å²) in [5.74, 6) is -0.657. The van der Waals surface area contributed by atoms with Crippen molar-refractivity contribution in [2.24, 2.45) is 0 Å². The van der Waals surface area contributed by atoms with Crippen molar-refractivity contribution in [2.45, 2.75) is 13.0 Å². The highest BCUT2D eigenvalue weighted by molar-refractivity contribution is 6.51. The third-order valence-corrected chi connectivity index (χ3v) is 6.26. The summed E-state index contributed by atoms with van der Waals surface area (Å²) in [6.07, 6.45) is 0. The molecule has 1 heterocycles. The predicted octanol–water partition coefficient (Wildman–Crippen LogP) is 4.79. The molecule has 3 aromatic rings. The fraction of sp³-hybridized carbons (Fsp3) is 0.241. The van der Waals surface area contributed by atoms with Crippen LogP contribution < -0.4 is 24.0 Å². The number of ketones is 1. The molecule has 8 heteroatoms. The highest BCUT2D eigenvalue weighted by Gasteiger charge is 2.47. The van der Waals surface area contributed by atoms with E-state index in [1.807, 2.05) is 50.2 Å². The molecule has 0 spiro atoms. The van der Waals surface area contributed by atoms with Crippen molar-refractivity contribution in [3.8, 4) is 17.2 Å². The summed E-state index contributed by atoms with van der Waals surface area (Å²) >= 11 is 0. The largest absolute Gasteiger partial charge is 0.506 e. The molecule has 8 nitrogen and oxygen atoms in total. The lowest BCUT2D eigenvalue weighted by Gasteiger charge is -2.26. The fourth-order valence-electron chi connectivity index (χ4n) is 4.46. The first kappa shape index (κ1) is 25.6. The summed E-state index contributed by atoms with van der Waals surface area (Å²) in [6.45, 7) is 2.39. The number of carbonyl (C=O) groups excluding carboxylic acids is 2. The molecule has 192 valence electrons. The topological polar surface area (TPSA) is 88.5 Å². The molecule has 1 N–H and O–H groups in total. The number of hydrogen-bond acceptors (Lipinski definition) is 7. The Morgan fingerprint density at radius 3 is 2.03 bits per heavy atom. The number of aliphatic hydroxyl groups excluding tert-OH is 1. The van der Waals surface area contributed by atoms with Crippen LogP contribution in [0, 0.1) is 0 Å². The minimum Gasteiger partial charge on any atom is -0.506 e. The van der Waals surface area contributed by atoms with Gasteiger partial charge in [-0.2, -0.15) is 0 Å². The molecule has 1 aliphatic heterocycles. The van der Waals surface area contributed by atoms with Crippen LogP contribution in [-0.2, 0) is 9.59 Å². The van der Waals surface area contributed by atoms with Crippen LogP contribution in [0.3, 0.4) is 0 Å². The van der Waals surface area contributed by atoms with E-state index < -0.39 is 17.7 Å². The zero-order chi connectivity index (χ0) is 26.7. The van der Waals surface area contributed by atoms with E-state index in [1.165, 1.54) is 19.1 Å². The Bertz CT molecular complexity index is 1310. The maximum atomic E-state index is 13.5. The second-order valence-corrected chi connectivity index (χ2v) is 8.62. The van der Waals surface area contributed by atoms with Crippen LogP contribution in [0.15, 0.2) is 72.3 Å². The van der Waals surface area contributed by atoms with Gasteiger partial charge in [0.15, 0.2) is 0 Å². The highest BCUT2D eigenvalue weighted by atomic mass is 16.5. The number of Topliss-reactive ketones (excluding diaryl/α,β-unsaturated/α-hetero) is 1. The molecule has 37 heavy (non-hydrogen) atoms. The summed E-state index contributed by atoms with van der Waals surface area (Å²) < 4.78 is 16.5. The molecule has 1 fully saturated rings. The van der Waals surface area contributed by atoms with Crippen molar-refractivity contribution in [1.82, 2.24) is 0 Å². The SMILES string of the molecule is CCOc1ccc(N2C(=O)C(=O)/C(=C(/O)c3c(OC)cccc3OC)C2c2ccc(N(C)C)cc2)cc1. The van der Waals surface area contributed by atoms with Crippen molar-refractivity contribution in [2.75, 3.05) is 44.7 Å². The number of hydrogen-bond donors (Lipinski definition) is 1. The van der Waals surface area contributed by atoms with Crippen molar-refractivity contribution in [3.05, 3.63) is 83.4 Å². The quantitative estimate of drug-likeness (QED) is 0.269. The Hall–Kier alpha value is -4.46. The van der Waals surface area contributed by atoms with Crippen LogP contribution in [0.4, 0.5) is 11.4 Å². The first-order valence-corrected chi connectivity index (χ1v) is 11.8. The fourth-order valence-corrected chi connectivity index (χ4v) is 4.46. The summed E-state index contributed by atoms with van der Waals surface area (Å²) in [7, 11) is 6.77. The average Bonchev–Trinajstić information content (AvgIpc) is 3.18. The standard InChI is InChI=1S/C29H30N2O6/c1-6-37-21-16-14-20(15-17-21)31-26(18-10-12-19(13-11-18)30(2)3)25(28(33)29(31)34)27(32)24-22(35-4)8-7-9-23(24)36-5/h7-17,26,32H,6H2,1-5H3/b27-25+. The van der Waals surface area contributed by atoms with Gasteiger partial charge in [-0.15, -0.1) is 0 Å². The van der Waals surface area contributed by atoms with E-state index in [1.54, 1.807) is 42.5 Å². The van der Waals surface area contributed by atoms with Crippen LogP contribution in [0.1, 0.15) is 24.1 Å². The molecule has 1 aliphatic rings. The Morgan fingerprint density at radius 1 is 0.919 bits per heavy atom. The molecule has 1 unspecified atom stereocenters. The molecule has 3 aromatic carbocycles. The van der Waals surface area contributed by atoms with Gasteiger partial charge in [-0.3, -0.25) is 14.5 Å². The number of carbonyl (C=O) groups is 2. The summed E-state index contributed by atoms with van der Waals surface area (Å²) in [5, 5.41) is 11.6. The number of methoxy groups -OCH3 is 2. The van der Waals surface area contributed by atoms with Crippen molar-refractivity contribution in [1.29, 1.82) is 0 Å². The van der Waals surface area contributed by atoms with Gasteiger partial charge in [0.05, 0.1) is 32.4 Å². The molecular formula is C29H30N2O6. The molecule has 1 atom stereocenters. The zero-order valence-corrected chi connectivity index (χ0v) is 21.5. The van der Waals surface area contributed by atoms with Gasteiger partial charge in [-0.1, -0.05) is 18.2 Å². The molecule has 0 saturated carbocycles. The smallest absolute Gasteiger partial charge is 0.300 e. The van der Waals surface area contributed by atoms with Gasteiger partial charge in [0.2, 0.25) is 0 Å². The van der Waals surface area contributed by atoms with Gasteiger partial charge in [0.25, 0.3) is 11.7 Å². The van der Waals surface area contributed by atoms with Crippen LogP contribution in [-0.4, -0.2) is 51.7 Å². The summed E-state index contributed by atoms with van der Waals surface area (Å²) in [6, 6.07) is 18.6. The molecular weight excluding hydrogens is 472 g/mol. The van der Waals surface area contributed by atoms with Crippen molar-refractivity contribution < 1.29 is 28.9 Å². The molecule has 0 aromatic heterocycles. The minimum atomic E-state index is -0.885. The molecule has 0 aliphatic carbocycles. The lowest BCUT2D eigenvalue weighted by Crippen LogP contribution is -2.29. The van der Waals surface area contributed by atoms with Gasteiger partial charge in [0, 0.05) is 25.5 Å². The monoisotopic (exact) mass is 502 g/mol. The first-order valence-electron chi connectivity index (χ1n) is 11.8. The molecule has 4 rings (SSSR count). The Morgan fingerprint density at radius 2 is 1.51 bits per heavy atom. The van der Waals surface area contributed by atoms with Crippen LogP contribution in [0.5, 0.6) is 17.2 Å². The van der Waals surface area contributed by atoms with E-state index in [4.69, 9.17) is 14.2 Å². The number of rotatable bonds is 8. The highest BCUT2D eigenvalue weighted by Crippen LogP contribution is 2.45. The van der Waals surface area contributed by atoms with E-state index in [9.17, 15) is 14.7 Å². The molecule has 1 saturated heterocycles. The normalized spacial score (nSPS) is 16.6. The lowest BCUT2D eigenvalue weighted by molar-refractivity contribution is -0.132. The molecule has 1 amide bonds. The Balaban J connectivity index is 1.95. The van der Waals surface area contributed by atoms with E-state index in [2.05, 4.69) is 0 Å². The number of anilines is 2. The lowest BCUT2D eigenvalue weighted by atomic mass is 9.94. The first-order chi connectivity index (χ1) is 17.8.